The Bertz CT molecular complexity index is 160. The molecule has 0 radical (unpaired) electrons. The number of alkyl halides is 1. The molecule has 2 N–H and O–H groups in total. The van der Waals surface area contributed by atoms with Crippen LogP contribution in [-0.4, -0.2) is 28.9 Å². The van der Waals surface area contributed by atoms with Gasteiger partial charge in [0.1, 0.15) is 6.04 Å². The van der Waals surface area contributed by atoms with Crippen LogP contribution in [0.5, 0.6) is 0 Å². The van der Waals surface area contributed by atoms with E-state index in [9.17, 15) is 9.59 Å². The van der Waals surface area contributed by atoms with E-state index in [0.717, 1.165) is 0 Å². The van der Waals surface area contributed by atoms with E-state index in [-0.39, 0.29) is 18.2 Å². The molecule has 64 valence electrons. The van der Waals surface area contributed by atoms with Gasteiger partial charge in [0.15, 0.2) is 0 Å². The highest BCUT2D eigenvalue weighted by Gasteiger charge is 2.12. The molecule has 0 bridgehead atoms. The summed E-state index contributed by atoms with van der Waals surface area (Å²) in [4.78, 5) is 20.9. The van der Waals surface area contributed by atoms with E-state index >= 15 is 0 Å². The molecule has 0 rings (SSSR count). The Hall–Kier alpha value is -0.770. The number of halogens is 1. The van der Waals surface area contributed by atoms with Crippen molar-refractivity contribution >= 4 is 23.5 Å². The summed E-state index contributed by atoms with van der Waals surface area (Å²) >= 11 is 5.25. The fourth-order valence-electron chi connectivity index (χ4n) is 0.461. The number of carbonyl (C=O) groups excluding carboxylic acids is 1. The number of nitrogens with one attached hydrogen (secondary N) is 1. The van der Waals surface area contributed by atoms with E-state index in [1.165, 1.54) is 6.92 Å². The van der Waals surface area contributed by atoms with Gasteiger partial charge >= 0.3 is 5.97 Å². The first-order chi connectivity index (χ1) is 5.07. The molecule has 0 aromatic heterocycles. The van der Waals surface area contributed by atoms with Crippen molar-refractivity contribution in [3.63, 3.8) is 0 Å². The van der Waals surface area contributed by atoms with Crippen LogP contribution in [0.2, 0.25) is 0 Å². The maximum absolute atomic E-state index is 10.7. The van der Waals surface area contributed by atoms with Crippen molar-refractivity contribution in [1.82, 2.24) is 5.32 Å². The van der Waals surface area contributed by atoms with Crippen molar-refractivity contribution in [3.8, 4) is 0 Å². The molecule has 0 aliphatic heterocycles. The molecule has 0 aliphatic rings. The van der Waals surface area contributed by atoms with Crippen LogP contribution in [0.3, 0.4) is 0 Å². The van der Waals surface area contributed by atoms with Crippen LogP contribution >= 0.6 is 11.6 Å². The zero-order chi connectivity index (χ0) is 8.85. The van der Waals surface area contributed by atoms with Gasteiger partial charge in [-0.25, -0.2) is 0 Å². The normalized spacial score (nSPS) is 12.2. The van der Waals surface area contributed by atoms with Gasteiger partial charge < -0.3 is 10.4 Å². The largest absolute Gasteiger partial charge is 0.480 e. The molecular formula is C6H10ClNO3. The topological polar surface area (TPSA) is 66.4 Å². The first-order valence-electron chi connectivity index (χ1n) is 3.16. The van der Waals surface area contributed by atoms with Crippen molar-refractivity contribution in [2.45, 2.75) is 19.4 Å². The number of amides is 1. The van der Waals surface area contributed by atoms with Crippen molar-refractivity contribution in [2.75, 3.05) is 5.88 Å². The second-order valence-electron chi connectivity index (χ2n) is 2.07. The highest BCUT2D eigenvalue weighted by atomic mass is 35.5. The molecule has 1 unspecified atom stereocenters. The van der Waals surface area contributed by atoms with Gasteiger partial charge in [-0.15, -0.1) is 11.6 Å². The summed E-state index contributed by atoms with van der Waals surface area (Å²) in [7, 11) is 0. The van der Waals surface area contributed by atoms with Gasteiger partial charge in [0, 0.05) is 12.3 Å². The molecular weight excluding hydrogens is 170 g/mol. The molecule has 0 aliphatic carbocycles. The standard InChI is InChI=1S/C6H10ClNO3/c1-4(6(10)11)8-5(9)2-3-7/h4H,2-3H2,1H3,(H,8,9)(H,10,11). The number of hydrogen-bond donors (Lipinski definition) is 2. The van der Waals surface area contributed by atoms with Crippen molar-refractivity contribution in [1.29, 1.82) is 0 Å². The molecule has 0 spiro atoms. The zero-order valence-electron chi connectivity index (χ0n) is 6.13. The molecule has 0 heterocycles. The van der Waals surface area contributed by atoms with E-state index < -0.39 is 12.0 Å². The molecule has 0 aromatic rings. The monoisotopic (exact) mass is 179 g/mol. The van der Waals surface area contributed by atoms with Gasteiger partial charge in [-0.05, 0) is 6.92 Å². The van der Waals surface area contributed by atoms with Crippen LogP contribution in [0, 0.1) is 0 Å². The van der Waals surface area contributed by atoms with Gasteiger partial charge in [-0.2, -0.15) is 0 Å². The zero-order valence-corrected chi connectivity index (χ0v) is 6.89. The van der Waals surface area contributed by atoms with Gasteiger partial charge in [0.05, 0.1) is 0 Å². The maximum atomic E-state index is 10.7. The average molecular weight is 180 g/mol. The van der Waals surface area contributed by atoms with E-state index in [2.05, 4.69) is 5.32 Å². The van der Waals surface area contributed by atoms with Crippen molar-refractivity contribution < 1.29 is 14.7 Å². The predicted molar refractivity (Wildman–Crippen MR) is 40.6 cm³/mol. The lowest BCUT2D eigenvalue weighted by Crippen LogP contribution is -2.38. The number of aliphatic carboxylic acids is 1. The fraction of sp³-hybridized carbons (Fsp3) is 0.667. The van der Waals surface area contributed by atoms with E-state index in [1.54, 1.807) is 0 Å². The van der Waals surface area contributed by atoms with Gasteiger partial charge in [0.2, 0.25) is 5.91 Å². The minimum Gasteiger partial charge on any atom is -0.480 e. The molecule has 1 amide bonds. The SMILES string of the molecule is CC(NC(=O)CCCl)C(=O)O. The summed E-state index contributed by atoms with van der Waals surface area (Å²) in [5.74, 6) is -1.18. The lowest BCUT2D eigenvalue weighted by Gasteiger charge is -2.07. The van der Waals surface area contributed by atoms with Gasteiger partial charge in [-0.3, -0.25) is 9.59 Å². The van der Waals surface area contributed by atoms with Crippen LogP contribution < -0.4 is 5.32 Å². The third-order valence-electron chi connectivity index (χ3n) is 1.07. The molecule has 4 nitrogen and oxygen atoms in total. The first kappa shape index (κ1) is 10.2. The van der Waals surface area contributed by atoms with Crippen LogP contribution in [0.1, 0.15) is 13.3 Å². The molecule has 0 saturated heterocycles. The number of rotatable bonds is 4. The predicted octanol–water partition coefficient (Wildman–Crippen LogP) is 0.205. The molecule has 0 fully saturated rings. The van der Waals surface area contributed by atoms with E-state index in [4.69, 9.17) is 16.7 Å². The number of hydrogen-bond acceptors (Lipinski definition) is 2. The summed E-state index contributed by atoms with van der Waals surface area (Å²) in [6.45, 7) is 1.40. The summed E-state index contributed by atoms with van der Waals surface area (Å²) in [5, 5.41) is 10.6. The van der Waals surface area contributed by atoms with Crippen LogP contribution in [0.15, 0.2) is 0 Å². The van der Waals surface area contributed by atoms with Crippen LogP contribution in [0.25, 0.3) is 0 Å². The van der Waals surface area contributed by atoms with Crippen molar-refractivity contribution in [2.24, 2.45) is 0 Å². The summed E-state index contributed by atoms with van der Waals surface area (Å²) in [5.41, 5.74) is 0. The summed E-state index contributed by atoms with van der Waals surface area (Å²) in [6.07, 6.45) is 0.152. The Balaban J connectivity index is 3.66. The summed E-state index contributed by atoms with van der Waals surface area (Å²) < 4.78 is 0. The Morgan fingerprint density at radius 3 is 2.55 bits per heavy atom. The van der Waals surface area contributed by atoms with Gasteiger partial charge in [-0.1, -0.05) is 0 Å². The highest BCUT2D eigenvalue weighted by Crippen LogP contribution is 1.87. The number of carboxylic acid groups (broad SMARTS) is 1. The van der Waals surface area contributed by atoms with Gasteiger partial charge in [0.25, 0.3) is 0 Å². The minimum absolute atomic E-state index is 0.152. The fourth-order valence-corrected chi connectivity index (χ4v) is 0.633. The molecule has 0 aromatic carbocycles. The number of carbonyl (C=O) groups is 2. The molecule has 11 heavy (non-hydrogen) atoms. The Kier molecular flexibility index (Phi) is 4.61. The Labute approximate surface area is 69.5 Å². The summed E-state index contributed by atoms with van der Waals surface area (Å²) in [6, 6.07) is -0.842. The second kappa shape index (κ2) is 4.96. The van der Waals surface area contributed by atoms with Crippen LogP contribution in [0.4, 0.5) is 0 Å². The third-order valence-corrected chi connectivity index (χ3v) is 1.26. The second-order valence-corrected chi connectivity index (χ2v) is 2.44. The smallest absolute Gasteiger partial charge is 0.325 e. The maximum Gasteiger partial charge on any atom is 0.325 e. The number of carboxylic acids is 1. The minimum atomic E-state index is -1.05. The van der Waals surface area contributed by atoms with E-state index in [0.29, 0.717) is 0 Å². The molecule has 0 saturated carbocycles. The highest BCUT2D eigenvalue weighted by molar-refractivity contribution is 6.18. The average Bonchev–Trinajstić information content (AvgIpc) is 1.87. The molecule has 5 heteroatoms. The van der Waals surface area contributed by atoms with Crippen molar-refractivity contribution in [3.05, 3.63) is 0 Å². The lowest BCUT2D eigenvalue weighted by molar-refractivity contribution is -0.141. The van der Waals surface area contributed by atoms with Crippen LogP contribution in [-0.2, 0) is 9.59 Å². The Morgan fingerprint density at radius 1 is 1.64 bits per heavy atom. The molecule has 1 atom stereocenters. The first-order valence-corrected chi connectivity index (χ1v) is 3.69. The lowest BCUT2D eigenvalue weighted by atomic mass is 10.3. The third kappa shape index (κ3) is 4.61. The van der Waals surface area contributed by atoms with E-state index in [1.807, 2.05) is 0 Å². The quantitative estimate of drug-likeness (QED) is 0.606. The Morgan fingerprint density at radius 2 is 2.18 bits per heavy atom.